The second-order valence-electron chi connectivity index (χ2n) is 7.46. The van der Waals surface area contributed by atoms with E-state index in [-0.39, 0.29) is 18.0 Å². The van der Waals surface area contributed by atoms with Crippen LogP contribution in [0, 0.1) is 17.1 Å². The molecule has 1 aliphatic heterocycles. The highest BCUT2D eigenvalue weighted by molar-refractivity contribution is 5.89. The maximum absolute atomic E-state index is 13.3. The van der Waals surface area contributed by atoms with Gasteiger partial charge in [0.1, 0.15) is 17.7 Å². The lowest BCUT2D eigenvalue weighted by molar-refractivity contribution is 0.115. The number of likely N-dealkylation sites (tertiary alicyclic amines) is 1. The van der Waals surface area contributed by atoms with Gasteiger partial charge in [0, 0.05) is 31.6 Å². The highest BCUT2D eigenvalue weighted by Gasteiger charge is 2.24. The molecule has 1 saturated heterocycles. The standard InChI is InChI=1S/C25H22FN3O2/c26-21-2-1-3-22(16-21)28-25(30)29-14-12-24(13-15-29)31-23-10-8-20(9-11-23)19-6-4-18(17-27)5-7-19/h1-11,16,24H,12-15H2,(H,28,30). The van der Waals surface area contributed by atoms with Crippen LogP contribution in [0.15, 0.2) is 72.8 Å². The zero-order chi connectivity index (χ0) is 21.6. The van der Waals surface area contributed by atoms with Crippen LogP contribution in [-0.4, -0.2) is 30.1 Å². The van der Waals surface area contributed by atoms with Crippen LogP contribution in [0.25, 0.3) is 11.1 Å². The predicted octanol–water partition coefficient (Wildman–Crippen LogP) is 5.44. The molecule has 6 heteroatoms. The number of hydrogen-bond donors (Lipinski definition) is 1. The largest absolute Gasteiger partial charge is 0.490 e. The van der Waals surface area contributed by atoms with Crippen molar-refractivity contribution in [3.63, 3.8) is 0 Å². The second kappa shape index (κ2) is 9.31. The SMILES string of the molecule is N#Cc1ccc(-c2ccc(OC3CCN(C(=O)Nc4cccc(F)c4)CC3)cc2)cc1. The number of amides is 2. The van der Waals surface area contributed by atoms with Gasteiger partial charge >= 0.3 is 6.03 Å². The third-order valence-electron chi connectivity index (χ3n) is 5.31. The van der Waals surface area contributed by atoms with Crippen molar-refractivity contribution >= 4 is 11.7 Å². The molecular weight excluding hydrogens is 393 g/mol. The molecule has 4 rings (SSSR count). The van der Waals surface area contributed by atoms with E-state index in [1.165, 1.54) is 12.1 Å². The maximum Gasteiger partial charge on any atom is 0.321 e. The van der Waals surface area contributed by atoms with Crippen molar-refractivity contribution in [3.8, 4) is 22.9 Å². The van der Waals surface area contributed by atoms with Crippen LogP contribution in [0.5, 0.6) is 5.75 Å². The molecule has 0 unspecified atom stereocenters. The maximum atomic E-state index is 13.3. The molecule has 0 aromatic heterocycles. The summed E-state index contributed by atoms with van der Waals surface area (Å²) >= 11 is 0. The van der Waals surface area contributed by atoms with Crippen molar-refractivity contribution in [1.29, 1.82) is 5.26 Å². The van der Waals surface area contributed by atoms with E-state index in [1.54, 1.807) is 29.2 Å². The number of urea groups is 1. The summed E-state index contributed by atoms with van der Waals surface area (Å²) in [5, 5.41) is 11.6. The van der Waals surface area contributed by atoms with Gasteiger partial charge in [0.2, 0.25) is 0 Å². The van der Waals surface area contributed by atoms with Crippen LogP contribution >= 0.6 is 0 Å². The Bertz CT molecular complexity index is 1080. The first kappa shape index (κ1) is 20.4. The van der Waals surface area contributed by atoms with Crippen molar-refractivity contribution in [2.75, 3.05) is 18.4 Å². The van der Waals surface area contributed by atoms with E-state index in [0.717, 1.165) is 29.7 Å². The van der Waals surface area contributed by atoms with Crippen molar-refractivity contribution in [2.24, 2.45) is 0 Å². The Morgan fingerprint density at radius 1 is 1.00 bits per heavy atom. The zero-order valence-electron chi connectivity index (χ0n) is 16.9. The first-order valence-corrected chi connectivity index (χ1v) is 10.2. The Hall–Kier alpha value is -3.85. The normalized spacial score (nSPS) is 14.0. The summed E-state index contributed by atoms with van der Waals surface area (Å²) in [6.07, 6.45) is 1.50. The first-order valence-electron chi connectivity index (χ1n) is 10.2. The number of hydrogen-bond acceptors (Lipinski definition) is 3. The second-order valence-corrected chi connectivity index (χ2v) is 7.46. The van der Waals surface area contributed by atoms with Crippen LogP contribution in [0.1, 0.15) is 18.4 Å². The van der Waals surface area contributed by atoms with Gasteiger partial charge in [0.15, 0.2) is 0 Å². The van der Waals surface area contributed by atoms with Crippen molar-refractivity contribution < 1.29 is 13.9 Å². The van der Waals surface area contributed by atoms with Crippen molar-refractivity contribution in [2.45, 2.75) is 18.9 Å². The third kappa shape index (κ3) is 5.20. The fraction of sp³-hybridized carbons (Fsp3) is 0.200. The number of carbonyl (C=O) groups excluding carboxylic acids is 1. The molecule has 0 saturated carbocycles. The van der Waals surface area contributed by atoms with Crippen LogP contribution in [0.2, 0.25) is 0 Å². The van der Waals surface area contributed by atoms with Crippen LogP contribution in [-0.2, 0) is 0 Å². The smallest absolute Gasteiger partial charge is 0.321 e. The molecule has 3 aromatic carbocycles. The highest BCUT2D eigenvalue weighted by atomic mass is 19.1. The summed E-state index contributed by atoms with van der Waals surface area (Å²) in [6.45, 7) is 1.16. The molecular formula is C25H22FN3O2. The number of nitrogens with zero attached hydrogens (tertiary/aromatic N) is 2. The van der Waals surface area contributed by atoms with Gasteiger partial charge in [0.05, 0.1) is 11.6 Å². The Morgan fingerprint density at radius 3 is 2.26 bits per heavy atom. The monoisotopic (exact) mass is 415 g/mol. The Kier molecular flexibility index (Phi) is 6.13. The number of anilines is 1. The molecule has 31 heavy (non-hydrogen) atoms. The summed E-state index contributed by atoms with van der Waals surface area (Å²) in [5.74, 6) is 0.412. The summed E-state index contributed by atoms with van der Waals surface area (Å²) in [4.78, 5) is 14.1. The molecule has 0 spiro atoms. The average molecular weight is 415 g/mol. The number of nitrogens with one attached hydrogen (secondary N) is 1. The molecule has 0 aliphatic carbocycles. The highest BCUT2D eigenvalue weighted by Crippen LogP contribution is 2.25. The van der Waals surface area contributed by atoms with Crippen molar-refractivity contribution in [1.82, 2.24) is 4.90 Å². The molecule has 1 N–H and O–H groups in total. The minimum absolute atomic E-state index is 0.0407. The van der Waals surface area contributed by atoms with Crippen LogP contribution < -0.4 is 10.1 Å². The molecule has 3 aromatic rings. The predicted molar refractivity (Wildman–Crippen MR) is 117 cm³/mol. The van der Waals surface area contributed by atoms with Gasteiger partial charge in [-0.15, -0.1) is 0 Å². The number of piperidine rings is 1. The first-order chi connectivity index (χ1) is 15.1. The Morgan fingerprint density at radius 2 is 1.65 bits per heavy atom. The van der Waals surface area contributed by atoms with E-state index in [1.807, 2.05) is 36.4 Å². The average Bonchev–Trinajstić information content (AvgIpc) is 2.80. The number of carbonyl (C=O) groups is 1. The lowest BCUT2D eigenvalue weighted by Gasteiger charge is -2.32. The molecule has 1 fully saturated rings. The lowest BCUT2D eigenvalue weighted by Crippen LogP contribution is -2.43. The van der Waals surface area contributed by atoms with Gasteiger partial charge in [-0.25, -0.2) is 9.18 Å². The lowest BCUT2D eigenvalue weighted by atomic mass is 10.0. The Balaban J connectivity index is 1.28. The molecule has 0 bridgehead atoms. The molecule has 156 valence electrons. The van der Waals surface area contributed by atoms with E-state index < -0.39 is 0 Å². The molecule has 0 atom stereocenters. The fourth-order valence-corrected chi connectivity index (χ4v) is 3.60. The van der Waals surface area contributed by atoms with E-state index in [4.69, 9.17) is 10.00 Å². The van der Waals surface area contributed by atoms with Gasteiger partial charge in [-0.2, -0.15) is 5.26 Å². The van der Waals surface area contributed by atoms with E-state index >= 15 is 0 Å². The minimum atomic E-state index is -0.380. The molecule has 0 radical (unpaired) electrons. The van der Waals surface area contributed by atoms with Gasteiger partial charge in [-0.1, -0.05) is 30.3 Å². The molecule has 1 heterocycles. The zero-order valence-corrected chi connectivity index (χ0v) is 16.9. The van der Waals surface area contributed by atoms with Gasteiger partial charge in [0.25, 0.3) is 0 Å². The summed E-state index contributed by atoms with van der Waals surface area (Å²) < 4.78 is 19.4. The number of ether oxygens (including phenoxy) is 1. The molecule has 5 nitrogen and oxygen atoms in total. The molecule has 2 amide bonds. The number of benzene rings is 3. The quantitative estimate of drug-likeness (QED) is 0.617. The topological polar surface area (TPSA) is 65.4 Å². The minimum Gasteiger partial charge on any atom is -0.490 e. The molecule has 1 aliphatic rings. The van der Waals surface area contributed by atoms with Crippen LogP contribution in [0.4, 0.5) is 14.9 Å². The Labute approximate surface area is 180 Å². The van der Waals surface area contributed by atoms with E-state index in [9.17, 15) is 9.18 Å². The summed E-state index contributed by atoms with van der Waals surface area (Å²) in [6, 6.07) is 23.1. The van der Waals surface area contributed by atoms with E-state index in [0.29, 0.717) is 24.3 Å². The van der Waals surface area contributed by atoms with E-state index in [2.05, 4.69) is 11.4 Å². The van der Waals surface area contributed by atoms with Gasteiger partial charge in [-0.3, -0.25) is 0 Å². The van der Waals surface area contributed by atoms with Crippen molar-refractivity contribution in [3.05, 3.63) is 84.2 Å². The van der Waals surface area contributed by atoms with Gasteiger partial charge in [-0.05, 0) is 53.6 Å². The van der Waals surface area contributed by atoms with Crippen LogP contribution in [0.3, 0.4) is 0 Å². The van der Waals surface area contributed by atoms with Gasteiger partial charge < -0.3 is 15.0 Å². The summed E-state index contributed by atoms with van der Waals surface area (Å²) in [5.41, 5.74) is 3.19. The summed E-state index contributed by atoms with van der Waals surface area (Å²) in [7, 11) is 0. The fourth-order valence-electron chi connectivity index (χ4n) is 3.60. The number of nitriles is 1. The number of rotatable bonds is 4. The number of halogens is 1. The third-order valence-corrected chi connectivity index (χ3v) is 5.31.